The van der Waals surface area contributed by atoms with Gasteiger partial charge in [-0.2, -0.15) is 5.10 Å². The number of aromatic nitrogens is 1. The summed E-state index contributed by atoms with van der Waals surface area (Å²) in [5, 5.41) is 20.9. The fraction of sp³-hybridized carbons (Fsp3) is 0.211. The number of halogens is 1. The molecule has 1 aliphatic rings. The summed E-state index contributed by atoms with van der Waals surface area (Å²) >= 11 is 0. The quantitative estimate of drug-likeness (QED) is 0.550. The van der Waals surface area contributed by atoms with E-state index in [1.54, 1.807) is 0 Å². The molecule has 2 aromatic rings. The Morgan fingerprint density at radius 3 is 2.37 bits per heavy atom. The molecule has 2 heterocycles. The molecule has 1 amide bonds. The molecule has 1 atom stereocenters. The first-order valence-corrected chi connectivity index (χ1v) is 8.49. The number of rotatable bonds is 4. The monoisotopic (exact) mass is 420 g/mol. The van der Waals surface area contributed by atoms with Crippen molar-refractivity contribution in [1.82, 2.24) is 10.4 Å². The molecule has 11 heteroatoms. The van der Waals surface area contributed by atoms with Crippen molar-refractivity contribution >= 4 is 35.9 Å². The number of amides is 1. The van der Waals surface area contributed by atoms with Gasteiger partial charge in [-0.1, -0.05) is 19.1 Å². The molecular weight excluding hydrogens is 399 g/mol. The van der Waals surface area contributed by atoms with Crippen LogP contribution in [-0.4, -0.2) is 46.9 Å². The maximum Gasteiger partial charge on any atom is 0.290 e. The van der Waals surface area contributed by atoms with Crippen molar-refractivity contribution in [2.75, 3.05) is 12.4 Å². The predicted octanol–water partition coefficient (Wildman–Crippen LogP) is 2.23. The molecule has 3 rings (SSSR count). The van der Waals surface area contributed by atoms with Crippen molar-refractivity contribution in [3.8, 4) is 5.88 Å². The van der Waals surface area contributed by atoms with E-state index in [9.17, 15) is 9.18 Å². The SMILES string of the molecule is COc1cc(Nc2ccc(C3=NNC(=O)C[C@H]3C)cc2)c(F)cn1.O=CO.O=CO. The zero-order valence-corrected chi connectivity index (χ0v) is 16.2. The van der Waals surface area contributed by atoms with Gasteiger partial charge in [-0.3, -0.25) is 14.4 Å². The number of carbonyl (C=O) groups is 3. The Balaban J connectivity index is 0.000000672. The summed E-state index contributed by atoms with van der Waals surface area (Å²) in [7, 11) is 1.48. The number of pyridine rings is 1. The van der Waals surface area contributed by atoms with Crippen LogP contribution in [0.2, 0.25) is 0 Å². The molecule has 160 valence electrons. The average Bonchev–Trinajstić information content (AvgIpc) is 2.72. The van der Waals surface area contributed by atoms with Crippen LogP contribution in [0.25, 0.3) is 0 Å². The molecule has 1 aliphatic heterocycles. The van der Waals surface area contributed by atoms with E-state index >= 15 is 0 Å². The van der Waals surface area contributed by atoms with Crippen molar-refractivity contribution < 1.29 is 33.7 Å². The van der Waals surface area contributed by atoms with Crippen LogP contribution in [0.1, 0.15) is 18.9 Å². The van der Waals surface area contributed by atoms with Gasteiger partial charge in [0.05, 0.1) is 24.7 Å². The van der Waals surface area contributed by atoms with Crippen molar-refractivity contribution in [2.24, 2.45) is 11.0 Å². The lowest BCUT2D eigenvalue weighted by Crippen LogP contribution is -2.31. The Bertz CT molecular complexity index is 883. The van der Waals surface area contributed by atoms with E-state index in [0.717, 1.165) is 23.2 Å². The van der Waals surface area contributed by atoms with Crippen LogP contribution in [0.15, 0.2) is 41.6 Å². The number of ether oxygens (including phenoxy) is 1. The largest absolute Gasteiger partial charge is 0.483 e. The van der Waals surface area contributed by atoms with Crippen molar-refractivity contribution in [3.63, 3.8) is 0 Å². The number of nitrogens with zero attached hydrogens (tertiary/aromatic N) is 2. The van der Waals surface area contributed by atoms with Gasteiger partial charge in [0.25, 0.3) is 12.9 Å². The molecule has 0 bridgehead atoms. The van der Waals surface area contributed by atoms with E-state index in [-0.39, 0.29) is 30.5 Å². The Labute approximate surface area is 171 Å². The lowest BCUT2D eigenvalue weighted by atomic mass is 9.94. The van der Waals surface area contributed by atoms with Crippen LogP contribution >= 0.6 is 0 Å². The first-order chi connectivity index (χ1) is 14.4. The molecule has 0 fully saturated rings. The van der Waals surface area contributed by atoms with Crippen LogP contribution < -0.4 is 15.5 Å². The summed E-state index contributed by atoms with van der Waals surface area (Å²) < 4.78 is 18.8. The van der Waals surface area contributed by atoms with Crippen LogP contribution in [-0.2, 0) is 14.4 Å². The predicted molar refractivity (Wildman–Crippen MR) is 106 cm³/mol. The number of anilines is 2. The minimum Gasteiger partial charge on any atom is -0.483 e. The Morgan fingerprint density at radius 1 is 1.23 bits per heavy atom. The van der Waals surface area contributed by atoms with Gasteiger partial charge < -0.3 is 20.3 Å². The minimum atomic E-state index is -0.465. The normalized spacial score (nSPS) is 14.4. The van der Waals surface area contributed by atoms with Gasteiger partial charge in [-0.05, 0) is 17.7 Å². The molecule has 1 aromatic carbocycles. The maximum atomic E-state index is 13.8. The molecule has 0 radical (unpaired) electrons. The van der Waals surface area contributed by atoms with Crippen LogP contribution in [0, 0.1) is 11.7 Å². The molecular formula is C19H21FN4O6. The fourth-order valence-corrected chi connectivity index (χ4v) is 2.51. The van der Waals surface area contributed by atoms with Gasteiger partial charge in [0.2, 0.25) is 11.8 Å². The van der Waals surface area contributed by atoms with Gasteiger partial charge in [0.15, 0.2) is 5.82 Å². The number of methoxy groups -OCH3 is 1. The molecule has 0 unspecified atom stereocenters. The third-order valence-electron chi connectivity index (χ3n) is 3.76. The summed E-state index contributed by atoms with van der Waals surface area (Å²) in [6, 6.07) is 8.91. The Morgan fingerprint density at radius 2 is 1.83 bits per heavy atom. The number of hydrogen-bond donors (Lipinski definition) is 4. The standard InChI is InChI=1S/C17H17FN4O2.2CH2O2/c1-10-7-15(23)21-22-17(10)11-3-5-12(6-4-11)20-14-8-16(24-2)19-9-13(14)18;2*2-1-3/h3-6,8-10H,7H2,1-2H3,(H,19,20)(H,21,23);2*1H,(H,2,3)/t10-;;/m1../s1. The van der Waals surface area contributed by atoms with Crippen molar-refractivity contribution in [3.05, 3.63) is 47.9 Å². The zero-order valence-electron chi connectivity index (χ0n) is 16.2. The first kappa shape index (κ1) is 24.0. The Kier molecular flexibility index (Phi) is 9.96. The first-order valence-electron chi connectivity index (χ1n) is 8.49. The molecule has 30 heavy (non-hydrogen) atoms. The van der Waals surface area contributed by atoms with Crippen LogP contribution in [0.4, 0.5) is 15.8 Å². The van der Waals surface area contributed by atoms with Crippen molar-refractivity contribution in [1.29, 1.82) is 0 Å². The summed E-state index contributed by atoms with van der Waals surface area (Å²) in [6.07, 6.45) is 1.53. The number of carbonyl (C=O) groups excluding carboxylic acids is 1. The highest BCUT2D eigenvalue weighted by Gasteiger charge is 2.21. The van der Waals surface area contributed by atoms with E-state index in [4.69, 9.17) is 24.5 Å². The second-order valence-corrected chi connectivity index (χ2v) is 5.76. The molecule has 1 aromatic heterocycles. The number of nitrogens with one attached hydrogen (secondary N) is 2. The number of carboxylic acid groups (broad SMARTS) is 2. The highest BCUT2D eigenvalue weighted by atomic mass is 19.1. The van der Waals surface area contributed by atoms with Crippen LogP contribution in [0.3, 0.4) is 0 Å². The van der Waals surface area contributed by atoms with E-state index < -0.39 is 5.82 Å². The van der Waals surface area contributed by atoms with E-state index in [1.807, 2.05) is 31.2 Å². The van der Waals surface area contributed by atoms with E-state index in [1.165, 1.54) is 13.2 Å². The number of hydrazone groups is 1. The molecule has 4 N–H and O–H groups in total. The molecule has 0 saturated heterocycles. The number of hydrogen-bond acceptors (Lipinski definition) is 7. The lowest BCUT2D eigenvalue weighted by Gasteiger charge is -2.19. The summed E-state index contributed by atoms with van der Waals surface area (Å²) in [6.45, 7) is 1.46. The third-order valence-corrected chi connectivity index (χ3v) is 3.76. The van der Waals surface area contributed by atoms with E-state index in [2.05, 4.69) is 20.8 Å². The smallest absolute Gasteiger partial charge is 0.290 e. The second kappa shape index (κ2) is 12.4. The van der Waals surface area contributed by atoms with E-state index in [0.29, 0.717) is 12.3 Å². The van der Waals surface area contributed by atoms with Crippen molar-refractivity contribution in [2.45, 2.75) is 13.3 Å². The highest BCUT2D eigenvalue weighted by Crippen LogP contribution is 2.24. The maximum absolute atomic E-state index is 13.8. The van der Waals surface area contributed by atoms with Gasteiger partial charge in [0.1, 0.15) is 0 Å². The molecule has 10 nitrogen and oxygen atoms in total. The second-order valence-electron chi connectivity index (χ2n) is 5.76. The Hall–Kier alpha value is -4.02. The zero-order chi connectivity index (χ0) is 22.5. The average molecular weight is 420 g/mol. The molecule has 0 spiro atoms. The highest BCUT2D eigenvalue weighted by molar-refractivity contribution is 6.05. The minimum absolute atomic E-state index is 0.0551. The van der Waals surface area contributed by atoms with Crippen LogP contribution in [0.5, 0.6) is 5.88 Å². The molecule has 0 aliphatic carbocycles. The third kappa shape index (κ3) is 7.19. The lowest BCUT2D eigenvalue weighted by molar-refractivity contribution is -0.123. The summed E-state index contributed by atoms with van der Waals surface area (Å²) in [5.41, 5.74) is 5.25. The fourth-order valence-electron chi connectivity index (χ4n) is 2.51. The van der Waals surface area contributed by atoms with Gasteiger partial charge in [-0.15, -0.1) is 0 Å². The summed E-state index contributed by atoms with van der Waals surface area (Å²) in [4.78, 5) is 31.8. The van der Waals surface area contributed by atoms with Gasteiger partial charge in [0, 0.05) is 24.1 Å². The number of benzene rings is 1. The topological polar surface area (TPSA) is 150 Å². The van der Waals surface area contributed by atoms with Gasteiger partial charge in [-0.25, -0.2) is 14.8 Å². The summed E-state index contributed by atoms with van der Waals surface area (Å²) in [5.74, 6) is -0.157. The van der Waals surface area contributed by atoms with Gasteiger partial charge >= 0.3 is 0 Å². The molecule has 0 saturated carbocycles.